The van der Waals surface area contributed by atoms with Crippen LogP contribution in [0.15, 0.2) is 36.4 Å². The van der Waals surface area contributed by atoms with Crippen LogP contribution in [0.1, 0.15) is 48.3 Å². The quantitative estimate of drug-likeness (QED) is 0.480. The first-order chi connectivity index (χ1) is 14.8. The van der Waals surface area contributed by atoms with Gasteiger partial charge in [0.25, 0.3) is 5.91 Å². The topological polar surface area (TPSA) is 46.9 Å². The Balaban J connectivity index is 1.85. The zero-order valence-electron chi connectivity index (χ0n) is 16.9. The third-order valence-corrected chi connectivity index (χ3v) is 6.13. The van der Waals surface area contributed by atoms with E-state index in [0.29, 0.717) is 16.3 Å². The smallest absolute Gasteiger partial charge is 0.272 e. The van der Waals surface area contributed by atoms with Crippen molar-refractivity contribution in [2.75, 3.05) is 0 Å². The van der Waals surface area contributed by atoms with E-state index in [2.05, 4.69) is 10.3 Å². The average Bonchev–Trinajstić information content (AvgIpc) is 3.07. The summed E-state index contributed by atoms with van der Waals surface area (Å²) in [5.74, 6) is -1.36. The zero-order valence-corrected chi connectivity index (χ0v) is 18.4. The molecule has 0 bridgehead atoms. The van der Waals surface area contributed by atoms with Gasteiger partial charge in [0.15, 0.2) is 0 Å². The summed E-state index contributed by atoms with van der Waals surface area (Å²) in [6, 6.07) is 8.04. The van der Waals surface area contributed by atoms with Crippen LogP contribution in [-0.4, -0.2) is 21.5 Å². The second-order valence-electron chi connectivity index (χ2n) is 7.73. The van der Waals surface area contributed by atoms with E-state index in [1.54, 1.807) is 19.1 Å². The monoisotopic (exact) mass is 463 g/mol. The van der Waals surface area contributed by atoms with Crippen molar-refractivity contribution in [1.29, 1.82) is 0 Å². The maximum atomic E-state index is 14.7. The van der Waals surface area contributed by atoms with E-state index in [1.807, 2.05) is 0 Å². The van der Waals surface area contributed by atoms with Crippen LogP contribution in [-0.2, 0) is 0 Å². The summed E-state index contributed by atoms with van der Waals surface area (Å²) in [5.41, 5.74) is 0.936. The Hall–Kier alpha value is -2.44. The molecule has 1 saturated carbocycles. The molecule has 0 unspecified atom stereocenters. The summed E-state index contributed by atoms with van der Waals surface area (Å²) < 4.78 is 30.1. The Labute approximate surface area is 189 Å². The third-order valence-electron chi connectivity index (χ3n) is 5.58. The van der Waals surface area contributed by atoms with Crippen LogP contribution in [0.25, 0.3) is 17.1 Å². The Bertz CT molecular complexity index is 1140. The molecule has 1 heterocycles. The largest absolute Gasteiger partial charge is 0.348 e. The van der Waals surface area contributed by atoms with Crippen LogP contribution in [0.2, 0.25) is 10.0 Å². The van der Waals surface area contributed by atoms with Crippen LogP contribution in [0.5, 0.6) is 0 Å². The Morgan fingerprint density at radius 3 is 2.55 bits per heavy atom. The minimum atomic E-state index is -0.646. The van der Waals surface area contributed by atoms with Gasteiger partial charge in [-0.1, -0.05) is 42.5 Å². The van der Waals surface area contributed by atoms with E-state index in [0.717, 1.165) is 50.3 Å². The Morgan fingerprint density at radius 2 is 1.84 bits per heavy atom. The van der Waals surface area contributed by atoms with Gasteiger partial charge in [-0.3, -0.25) is 9.36 Å². The van der Waals surface area contributed by atoms with Crippen molar-refractivity contribution in [3.05, 3.63) is 69.5 Å². The van der Waals surface area contributed by atoms with Gasteiger partial charge in [-0.25, -0.2) is 13.8 Å². The van der Waals surface area contributed by atoms with Gasteiger partial charge in [-0.2, -0.15) is 0 Å². The lowest BCUT2D eigenvalue weighted by molar-refractivity contribution is 0.0922. The number of imidazole rings is 1. The van der Waals surface area contributed by atoms with Gasteiger partial charge in [0, 0.05) is 22.7 Å². The number of hydrogen-bond donors (Lipinski definition) is 1. The molecule has 0 radical (unpaired) electrons. The first-order valence-electron chi connectivity index (χ1n) is 10.2. The number of hydrogen-bond acceptors (Lipinski definition) is 2. The highest BCUT2D eigenvalue weighted by atomic mass is 35.5. The van der Waals surface area contributed by atoms with Gasteiger partial charge < -0.3 is 5.32 Å². The van der Waals surface area contributed by atoms with Crippen molar-refractivity contribution in [1.82, 2.24) is 14.9 Å². The minimum absolute atomic E-state index is 0.0530. The molecule has 31 heavy (non-hydrogen) atoms. The van der Waals surface area contributed by atoms with Crippen molar-refractivity contribution in [2.45, 2.75) is 45.1 Å². The van der Waals surface area contributed by atoms with Gasteiger partial charge in [0.2, 0.25) is 0 Å². The van der Waals surface area contributed by atoms with Crippen LogP contribution in [0, 0.1) is 18.6 Å². The van der Waals surface area contributed by atoms with Crippen LogP contribution >= 0.6 is 23.2 Å². The highest BCUT2D eigenvalue weighted by Crippen LogP contribution is 2.34. The number of nitrogens with one attached hydrogen (secondary N) is 1. The molecular weight excluding hydrogens is 443 g/mol. The summed E-state index contributed by atoms with van der Waals surface area (Å²) in [6.45, 7) is 1.65. The van der Waals surface area contributed by atoms with Gasteiger partial charge in [-0.15, -0.1) is 0 Å². The van der Waals surface area contributed by atoms with Crippen molar-refractivity contribution in [3.63, 3.8) is 0 Å². The third kappa shape index (κ3) is 4.46. The second-order valence-corrected chi connectivity index (χ2v) is 8.58. The second kappa shape index (κ2) is 8.97. The summed E-state index contributed by atoms with van der Waals surface area (Å²) in [5, 5.41) is 3.75. The molecule has 1 amide bonds. The van der Waals surface area contributed by atoms with E-state index in [-0.39, 0.29) is 34.2 Å². The highest BCUT2D eigenvalue weighted by Gasteiger charge is 2.26. The van der Waals surface area contributed by atoms with Gasteiger partial charge >= 0.3 is 0 Å². The predicted octanol–water partition coefficient (Wildman–Crippen LogP) is 6.50. The highest BCUT2D eigenvalue weighted by molar-refractivity contribution is 6.36. The van der Waals surface area contributed by atoms with Crippen molar-refractivity contribution >= 4 is 29.1 Å². The molecule has 1 fully saturated rings. The Kier molecular flexibility index (Phi) is 6.30. The number of carbonyl (C=O) groups is 1. The molecule has 0 spiro atoms. The van der Waals surface area contributed by atoms with Crippen LogP contribution < -0.4 is 5.32 Å². The number of amides is 1. The lowest BCUT2D eigenvalue weighted by Gasteiger charge is -2.22. The predicted molar refractivity (Wildman–Crippen MR) is 118 cm³/mol. The van der Waals surface area contributed by atoms with Crippen LogP contribution in [0.3, 0.4) is 0 Å². The summed E-state index contributed by atoms with van der Waals surface area (Å²) in [6.07, 6.45) is 5.13. The van der Waals surface area contributed by atoms with E-state index in [1.165, 1.54) is 10.6 Å². The fraction of sp³-hybridized carbons (Fsp3) is 0.304. The maximum Gasteiger partial charge on any atom is 0.272 e. The van der Waals surface area contributed by atoms with Crippen molar-refractivity contribution in [2.24, 2.45) is 0 Å². The molecule has 4 rings (SSSR count). The molecule has 1 aliphatic carbocycles. The number of benzene rings is 2. The van der Waals surface area contributed by atoms with Crippen molar-refractivity contribution < 1.29 is 13.6 Å². The molecule has 162 valence electrons. The number of nitrogens with zero attached hydrogens (tertiary/aromatic N) is 2. The number of carbonyl (C=O) groups excluding carboxylic acids is 1. The SMILES string of the molecule is Cc1c(C(=O)NC2CCCCC2)nc(-c2ccc(Cl)cc2Cl)n1-c1cc(F)ccc1F. The maximum absolute atomic E-state index is 14.7. The number of halogens is 4. The molecule has 4 nitrogen and oxygen atoms in total. The normalized spacial score (nSPS) is 14.6. The average molecular weight is 464 g/mol. The minimum Gasteiger partial charge on any atom is -0.348 e. The molecule has 3 aromatic rings. The summed E-state index contributed by atoms with van der Waals surface area (Å²) in [4.78, 5) is 17.6. The molecule has 1 aliphatic rings. The fourth-order valence-corrected chi connectivity index (χ4v) is 4.51. The fourth-order valence-electron chi connectivity index (χ4n) is 4.02. The molecule has 0 saturated heterocycles. The molecule has 0 aliphatic heterocycles. The van der Waals surface area contributed by atoms with Gasteiger partial charge in [-0.05, 0) is 50.1 Å². The lowest BCUT2D eigenvalue weighted by atomic mass is 9.95. The lowest BCUT2D eigenvalue weighted by Crippen LogP contribution is -2.36. The number of aromatic nitrogens is 2. The van der Waals surface area contributed by atoms with E-state index < -0.39 is 11.6 Å². The van der Waals surface area contributed by atoms with Crippen molar-refractivity contribution in [3.8, 4) is 17.1 Å². The van der Waals surface area contributed by atoms with Gasteiger partial charge in [0.05, 0.1) is 16.4 Å². The van der Waals surface area contributed by atoms with E-state index >= 15 is 0 Å². The molecule has 8 heteroatoms. The zero-order chi connectivity index (χ0) is 22.1. The number of rotatable bonds is 4. The molecule has 2 aromatic carbocycles. The van der Waals surface area contributed by atoms with E-state index in [9.17, 15) is 13.6 Å². The first-order valence-corrected chi connectivity index (χ1v) is 10.9. The Morgan fingerprint density at radius 1 is 1.10 bits per heavy atom. The summed E-state index contributed by atoms with van der Waals surface area (Å²) >= 11 is 12.4. The summed E-state index contributed by atoms with van der Waals surface area (Å²) in [7, 11) is 0. The first kappa shape index (κ1) is 21.8. The molecule has 1 N–H and O–H groups in total. The molecule has 1 aromatic heterocycles. The molecular formula is C23H21Cl2F2N3O. The van der Waals surface area contributed by atoms with Crippen LogP contribution in [0.4, 0.5) is 8.78 Å². The molecule has 0 atom stereocenters. The standard InChI is InChI=1S/C23H21Cl2F2N3O/c1-13-21(23(31)28-16-5-3-2-4-6-16)29-22(17-9-7-14(24)11-18(17)25)30(13)20-12-15(26)8-10-19(20)27/h7-12,16H,2-6H2,1H3,(H,28,31). The van der Waals surface area contributed by atoms with Gasteiger partial charge in [0.1, 0.15) is 23.2 Å². The van der Waals surface area contributed by atoms with E-state index in [4.69, 9.17) is 23.2 Å².